The molecule has 0 aliphatic heterocycles. The van der Waals surface area contributed by atoms with E-state index in [1.54, 1.807) is 6.08 Å². The van der Waals surface area contributed by atoms with Crippen LogP contribution in [-0.2, 0) is 0 Å². The predicted molar refractivity (Wildman–Crippen MR) is 76.2 cm³/mol. The highest BCUT2D eigenvalue weighted by Gasteiger charge is 1.93. The highest BCUT2D eigenvalue weighted by atomic mass is 19.1. The molecule has 0 rings (SSSR count). The van der Waals surface area contributed by atoms with Crippen LogP contribution in [0.1, 0.15) is 83.5 Å². The van der Waals surface area contributed by atoms with Crippen molar-refractivity contribution in [2.45, 2.75) is 83.5 Å². The molecule has 0 unspecified atom stereocenters. The third kappa shape index (κ3) is 15.6. The Hall–Kier alpha value is -0.400. The van der Waals surface area contributed by atoms with E-state index >= 15 is 0 Å². The molecule has 0 atom stereocenters. The lowest BCUT2D eigenvalue weighted by molar-refractivity contribution is 0.448. The Kier molecular flexibility index (Phi) is 16.2. The number of hydrogen-bond acceptors (Lipinski definition) is 0. The number of rotatable bonds is 14. The highest BCUT2D eigenvalue weighted by molar-refractivity contribution is 4.71. The lowest BCUT2D eigenvalue weighted by Crippen LogP contribution is -1.83. The fourth-order valence-electron chi connectivity index (χ4n) is 2.19. The van der Waals surface area contributed by atoms with Crippen LogP contribution >= 0.6 is 0 Å². The van der Waals surface area contributed by atoms with Crippen molar-refractivity contribution in [3.05, 3.63) is 12.4 Å². The summed E-state index contributed by atoms with van der Waals surface area (Å²) >= 11 is 0. The van der Waals surface area contributed by atoms with Crippen molar-refractivity contribution < 1.29 is 8.78 Å². The summed E-state index contributed by atoms with van der Waals surface area (Å²) in [6.07, 6.45) is 17.7. The smallest absolute Gasteiger partial charge is 0.0894 e. The molecule has 0 nitrogen and oxygen atoms in total. The Morgan fingerprint density at radius 3 is 1.33 bits per heavy atom. The van der Waals surface area contributed by atoms with Crippen LogP contribution in [0.5, 0.6) is 0 Å². The second-order valence-electron chi connectivity index (χ2n) is 5.08. The van der Waals surface area contributed by atoms with E-state index in [1.165, 1.54) is 57.8 Å². The van der Waals surface area contributed by atoms with Crippen LogP contribution in [0, 0.1) is 0 Å². The first-order valence-corrected chi connectivity index (χ1v) is 7.73. The molecule has 0 aliphatic rings. The minimum Gasteiger partial charge on any atom is -0.251 e. The zero-order chi connectivity index (χ0) is 13.3. The average molecular weight is 260 g/mol. The molecule has 0 aromatic carbocycles. The maximum atomic E-state index is 11.8. The van der Waals surface area contributed by atoms with Crippen molar-refractivity contribution in [3.63, 3.8) is 0 Å². The average Bonchev–Trinajstić information content (AvgIpc) is 2.39. The van der Waals surface area contributed by atoms with Crippen molar-refractivity contribution in [1.82, 2.24) is 0 Å². The normalized spacial score (nSPS) is 11.4. The minimum atomic E-state index is -0.152. The van der Waals surface area contributed by atoms with E-state index < -0.39 is 0 Å². The SMILES string of the molecule is FC=CCCCCCCCCCCCCCCF. The van der Waals surface area contributed by atoms with E-state index in [0.717, 1.165) is 25.7 Å². The minimum absolute atomic E-state index is 0.152. The fraction of sp³-hybridized carbons (Fsp3) is 0.875. The summed E-state index contributed by atoms with van der Waals surface area (Å²) < 4.78 is 23.5. The molecule has 0 heterocycles. The molecule has 0 radical (unpaired) electrons. The lowest BCUT2D eigenvalue weighted by atomic mass is 10.0. The summed E-state index contributed by atoms with van der Waals surface area (Å²) in [4.78, 5) is 0. The maximum Gasteiger partial charge on any atom is 0.0894 e. The van der Waals surface area contributed by atoms with Gasteiger partial charge in [-0.1, -0.05) is 70.3 Å². The van der Waals surface area contributed by atoms with E-state index in [9.17, 15) is 8.78 Å². The molecule has 0 fully saturated rings. The van der Waals surface area contributed by atoms with Gasteiger partial charge >= 0.3 is 0 Å². The van der Waals surface area contributed by atoms with Gasteiger partial charge in [-0.25, -0.2) is 4.39 Å². The van der Waals surface area contributed by atoms with Gasteiger partial charge in [0.25, 0.3) is 0 Å². The molecule has 0 aromatic heterocycles. The Balaban J connectivity index is 2.90. The zero-order valence-corrected chi connectivity index (χ0v) is 11.8. The molecule has 0 N–H and O–H groups in total. The first-order chi connectivity index (χ1) is 8.91. The molecular formula is C16H30F2. The summed E-state index contributed by atoms with van der Waals surface area (Å²) in [6, 6.07) is 0. The molecule has 0 spiro atoms. The predicted octanol–water partition coefficient (Wildman–Crippen LogP) is 6.51. The number of hydrogen-bond donors (Lipinski definition) is 0. The van der Waals surface area contributed by atoms with Gasteiger partial charge in [-0.15, -0.1) is 0 Å². The monoisotopic (exact) mass is 260 g/mol. The van der Waals surface area contributed by atoms with Gasteiger partial charge in [-0.2, -0.15) is 0 Å². The van der Waals surface area contributed by atoms with Gasteiger partial charge in [0.15, 0.2) is 0 Å². The third-order valence-corrected chi connectivity index (χ3v) is 3.34. The maximum absolute atomic E-state index is 11.8. The van der Waals surface area contributed by atoms with Gasteiger partial charge in [0.1, 0.15) is 0 Å². The summed E-state index contributed by atoms with van der Waals surface area (Å²) in [7, 11) is 0. The summed E-state index contributed by atoms with van der Waals surface area (Å²) in [5.74, 6) is 0. The summed E-state index contributed by atoms with van der Waals surface area (Å²) in [5.41, 5.74) is 0. The second-order valence-corrected chi connectivity index (χ2v) is 5.08. The first kappa shape index (κ1) is 17.6. The number of halogens is 2. The van der Waals surface area contributed by atoms with Crippen LogP contribution in [0.25, 0.3) is 0 Å². The van der Waals surface area contributed by atoms with Gasteiger partial charge in [0, 0.05) is 0 Å². The molecule has 18 heavy (non-hydrogen) atoms. The number of unbranched alkanes of at least 4 members (excludes halogenated alkanes) is 12. The largest absolute Gasteiger partial charge is 0.251 e. The molecule has 108 valence electrons. The van der Waals surface area contributed by atoms with Crippen LogP contribution in [0.3, 0.4) is 0 Å². The third-order valence-electron chi connectivity index (χ3n) is 3.34. The van der Waals surface area contributed by atoms with E-state index in [2.05, 4.69) is 0 Å². The van der Waals surface area contributed by atoms with Crippen molar-refractivity contribution >= 4 is 0 Å². The standard InChI is InChI=1S/C16H30F2/c17-15-13-11-9-7-5-3-1-2-4-6-8-10-12-14-16-18/h13,15H,1-12,14,16H2. The Bertz CT molecular complexity index is 166. The first-order valence-electron chi connectivity index (χ1n) is 7.73. The Labute approximate surface area is 112 Å². The molecule has 0 saturated heterocycles. The van der Waals surface area contributed by atoms with Gasteiger partial charge < -0.3 is 0 Å². The fourth-order valence-corrected chi connectivity index (χ4v) is 2.19. The van der Waals surface area contributed by atoms with Crippen molar-refractivity contribution in [3.8, 4) is 0 Å². The molecular weight excluding hydrogens is 230 g/mol. The summed E-state index contributed by atoms with van der Waals surface area (Å²) in [6.45, 7) is -0.152. The quantitative estimate of drug-likeness (QED) is 0.312. The van der Waals surface area contributed by atoms with Crippen LogP contribution in [-0.4, -0.2) is 6.67 Å². The van der Waals surface area contributed by atoms with Gasteiger partial charge in [0.2, 0.25) is 0 Å². The van der Waals surface area contributed by atoms with Gasteiger partial charge in [-0.3, -0.25) is 4.39 Å². The topological polar surface area (TPSA) is 0 Å². The molecule has 0 amide bonds. The molecule has 0 saturated carbocycles. The number of allylic oxidation sites excluding steroid dienone is 1. The second kappa shape index (κ2) is 16.6. The van der Waals surface area contributed by atoms with Gasteiger partial charge in [-0.05, 0) is 19.3 Å². The van der Waals surface area contributed by atoms with Crippen molar-refractivity contribution in [2.24, 2.45) is 0 Å². The van der Waals surface area contributed by atoms with Crippen LogP contribution in [0.4, 0.5) is 8.78 Å². The van der Waals surface area contributed by atoms with Crippen LogP contribution < -0.4 is 0 Å². The van der Waals surface area contributed by atoms with E-state index in [1.807, 2.05) is 0 Å². The van der Waals surface area contributed by atoms with E-state index in [4.69, 9.17) is 0 Å². The molecule has 0 aliphatic carbocycles. The molecule has 0 aromatic rings. The Morgan fingerprint density at radius 1 is 0.556 bits per heavy atom. The lowest BCUT2D eigenvalue weighted by Gasteiger charge is -2.02. The summed E-state index contributed by atoms with van der Waals surface area (Å²) in [5, 5.41) is 0. The zero-order valence-electron chi connectivity index (χ0n) is 11.8. The van der Waals surface area contributed by atoms with Crippen LogP contribution in [0.2, 0.25) is 0 Å². The number of alkyl halides is 1. The van der Waals surface area contributed by atoms with E-state index in [0.29, 0.717) is 6.33 Å². The van der Waals surface area contributed by atoms with Crippen molar-refractivity contribution in [2.75, 3.05) is 6.67 Å². The molecule has 0 bridgehead atoms. The highest BCUT2D eigenvalue weighted by Crippen LogP contribution is 2.12. The van der Waals surface area contributed by atoms with E-state index in [-0.39, 0.29) is 6.67 Å². The Morgan fingerprint density at radius 2 is 0.944 bits per heavy atom. The van der Waals surface area contributed by atoms with Crippen LogP contribution in [0.15, 0.2) is 12.4 Å². The van der Waals surface area contributed by atoms with Gasteiger partial charge in [0.05, 0.1) is 13.0 Å². The molecule has 2 heteroatoms. The van der Waals surface area contributed by atoms with Crippen molar-refractivity contribution in [1.29, 1.82) is 0 Å².